The number of hydrogen-bond donors (Lipinski definition) is 1. The van der Waals surface area contributed by atoms with Crippen molar-refractivity contribution in [3.05, 3.63) is 23.8 Å². The molecule has 1 N–H and O–H groups in total. The van der Waals surface area contributed by atoms with Crippen LogP contribution in [-0.2, 0) is 16.6 Å². The normalized spacial score (nSPS) is 11.8. The van der Waals surface area contributed by atoms with E-state index in [1.54, 1.807) is 18.2 Å². The number of hydrogen-bond acceptors (Lipinski definition) is 4. The van der Waals surface area contributed by atoms with Crippen LogP contribution in [0.25, 0.3) is 0 Å². The standard InChI is InChI=1S/C13H22N2O3S/c1-5-15(6-2)19(16,17)13-8-7-11(10-14-3)9-12(13)18-4/h7-9,14H,5-6,10H2,1-4H3. The molecule has 0 heterocycles. The van der Waals surface area contributed by atoms with E-state index in [9.17, 15) is 8.42 Å². The molecule has 0 saturated carbocycles. The first-order valence-corrected chi connectivity index (χ1v) is 7.76. The van der Waals surface area contributed by atoms with Gasteiger partial charge in [-0.15, -0.1) is 0 Å². The lowest BCUT2D eigenvalue weighted by atomic mass is 10.2. The molecule has 19 heavy (non-hydrogen) atoms. The van der Waals surface area contributed by atoms with E-state index in [1.807, 2.05) is 20.9 Å². The zero-order chi connectivity index (χ0) is 14.5. The van der Waals surface area contributed by atoms with E-state index in [0.717, 1.165) is 5.56 Å². The van der Waals surface area contributed by atoms with Crippen LogP contribution in [0, 0.1) is 0 Å². The predicted molar refractivity (Wildman–Crippen MR) is 75.9 cm³/mol. The van der Waals surface area contributed by atoms with Gasteiger partial charge in [-0.25, -0.2) is 8.42 Å². The van der Waals surface area contributed by atoms with Crippen LogP contribution < -0.4 is 10.1 Å². The van der Waals surface area contributed by atoms with Crippen molar-refractivity contribution in [3.8, 4) is 5.75 Å². The molecule has 0 radical (unpaired) electrons. The highest BCUT2D eigenvalue weighted by atomic mass is 32.2. The Bertz CT molecular complexity index is 511. The Morgan fingerprint density at radius 2 is 1.89 bits per heavy atom. The van der Waals surface area contributed by atoms with Crippen molar-refractivity contribution < 1.29 is 13.2 Å². The summed E-state index contributed by atoms with van der Waals surface area (Å²) in [7, 11) is -0.162. The molecule has 0 bridgehead atoms. The molecule has 0 saturated heterocycles. The van der Waals surface area contributed by atoms with Gasteiger partial charge in [-0.05, 0) is 24.7 Å². The van der Waals surface area contributed by atoms with Crippen LogP contribution in [0.3, 0.4) is 0 Å². The van der Waals surface area contributed by atoms with Crippen LogP contribution in [-0.4, -0.2) is 40.0 Å². The molecular weight excluding hydrogens is 264 g/mol. The number of benzene rings is 1. The number of nitrogens with zero attached hydrogens (tertiary/aromatic N) is 1. The Labute approximate surface area is 115 Å². The average Bonchev–Trinajstić information content (AvgIpc) is 2.39. The molecule has 1 aromatic carbocycles. The number of sulfonamides is 1. The summed E-state index contributed by atoms with van der Waals surface area (Å²) in [5.74, 6) is 0.389. The fraction of sp³-hybridized carbons (Fsp3) is 0.538. The van der Waals surface area contributed by atoms with Crippen molar-refractivity contribution in [2.24, 2.45) is 0 Å². The molecule has 1 rings (SSSR count). The molecule has 0 atom stereocenters. The van der Waals surface area contributed by atoms with E-state index in [-0.39, 0.29) is 4.90 Å². The summed E-state index contributed by atoms with van der Waals surface area (Å²) in [5, 5.41) is 3.02. The average molecular weight is 286 g/mol. The zero-order valence-corrected chi connectivity index (χ0v) is 12.8. The first kappa shape index (κ1) is 15.9. The van der Waals surface area contributed by atoms with Crippen LogP contribution in [0.15, 0.2) is 23.1 Å². The fourth-order valence-corrected chi connectivity index (χ4v) is 3.54. The minimum atomic E-state index is -3.49. The van der Waals surface area contributed by atoms with E-state index in [2.05, 4.69) is 5.32 Å². The molecule has 108 valence electrons. The third-order valence-corrected chi connectivity index (χ3v) is 5.02. The van der Waals surface area contributed by atoms with Crippen LogP contribution in [0.1, 0.15) is 19.4 Å². The molecule has 6 heteroatoms. The maximum absolute atomic E-state index is 12.5. The van der Waals surface area contributed by atoms with E-state index < -0.39 is 10.0 Å². The first-order valence-electron chi connectivity index (χ1n) is 6.32. The first-order chi connectivity index (χ1) is 9.01. The van der Waals surface area contributed by atoms with Crippen LogP contribution in [0.4, 0.5) is 0 Å². The van der Waals surface area contributed by atoms with Gasteiger partial charge in [0.25, 0.3) is 0 Å². The highest BCUT2D eigenvalue weighted by Gasteiger charge is 2.25. The summed E-state index contributed by atoms with van der Waals surface area (Å²) in [6.07, 6.45) is 0. The van der Waals surface area contributed by atoms with Crippen molar-refractivity contribution in [3.63, 3.8) is 0 Å². The maximum Gasteiger partial charge on any atom is 0.246 e. The van der Waals surface area contributed by atoms with Crippen LogP contribution >= 0.6 is 0 Å². The fourth-order valence-electron chi connectivity index (χ4n) is 1.94. The van der Waals surface area contributed by atoms with E-state index in [4.69, 9.17) is 4.74 Å². The number of ether oxygens (including phenoxy) is 1. The van der Waals surface area contributed by atoms with Gasteiger partial charge < -0.3 is 10.1 Å². The number of methoxy groups -OCH3 is 1. The summed E-state index contributed by atoms with van der Waals surface area (Å²) in [4.78, 5) is 0.221. The molecule has 5 nitrogen and oxygen atoms in total. The van der Waals surface area contributed by atoms with E-state index in [0.29, 0.717) is 25.4 Å². The lowest BCUT2D eigenvalue weighted by Gasteiger charge is -2.20. The molecule has 0 aliphatic carbocycles. The predicted octanol–water partition coefficient (Wildman–Crippen LogP) is 1.45. The molecule has 0 aliphatic rings. The topological polar surface area (TPSA) is 58.6 Å². The van der Waals surface area contributed by atoms with Gasteiger partial charge in [-0.1, -0.05) is 19.9 Å². The van der Waals surface area contributed by atoms with Gasteiger partial charge in [-0.3, -0.25) is 0 Å². The molecular formula is C13H22N2O3S. The summed E-state index contributed by atoms with van der Waals surface area (Å²) in [5.41, 5.74) is 0.984. The van der Waals surface area contributed by atoms with Crippen molar-refractivity contribution in [1.82, 2.24) is 9.62 Å². The van der Waals surface area contributed by atoms with E-state index >= 15 is 0 Å². The van der Waals surface area contributed by atoms with Crippen molar-refractivity contribution in [2.75, 3.05) is 27.2 Å². The summed E-state index contributed by atoms with van der Waals surface area (Å²) < 4.78 is 31.6. The van der Waals surface area contributed by atoms with Gasteiger partial charge in [0.1, 0.15) is 10.6 Å². The quantitative estimate of drug-likeness (QED) is 0.824. The Kier molecular flexibility index (Phi) is 5.78. The van der Waals surface area contributed by atoms with Gasteiger partial charge >= 0.3 is 0 Å². The van der Waals surface area contributed by atoms with Crippen molar-refractivity contribution >= 4 is 10.0 Å². The van der Waals surface area contributed by atoms with E-state index in [1.165, 1.54) is 11.4 Å². The Balaban J connectivity index is 3.26. The third kappa shape index (κ3) is 3.46. The lowest BCUT2D eigenvalue weighted by molar-refractivity contribution is 0.395. The summed E-state index contributed by atoms with van der Waals surface area (Å²) in [6, 6.07) is 5.17. The third-order valence-electron chi connectivity index (χ3n) is 2.93. The van der Waals surface area contributed by atoms with Gasteiger partial charge in [-0.2, -0.15) is 4.31 Å². The van der Waals surface area contributed by atoms with Crippen molar-refractivity contribution in [2.45, 2.75) is 25.3 Å². The molecule has 1 aromatic rings. The van der Waals surface area contributed by atoms with Gasteiger partial charge in [0.15, 0.2) is 0 Å². The largest absolute Gasteiger partial charge is 0.495 e. The monoisotopic (exact) mass is 286 g/mol. The molecule has 0 spiro atoms. The summed E-state index contributed by atoms with van der Waals surface area (Å²) in [6.45, 7) is 5.20. The van der Waals surface area contributed by atoms with Gasteiger partial charge in [0.05, 0.1) is 7.11 Å². The molecule has 0 aromatic heterocycles. The second-order valence-corrected chi connectivity index (χ2v) is 6.01. The van der Waals surface area contributed by atoms with Crippen LogP contribution in [0.5, 0.6) is 5.75 Å². The SMILES string of the molecule is CCN(CC)S(=O)(=O)c1ccc(CNC)cc1OC. The Morgan fingerprint density at radius 1 is 1.26 bits per heavy atom. The second-order valence-electron chi connectivity index (χ2n) is 4.10. The highest BCUT2D eigenvalue weighted by Crippen LogP contribution is 2.27. The highest BCUT2D eigenvalue weighted by molar-refractivity contribution is 7.89. The molecule has 0 unspecified atom stereocenters. The minimum Gasteiger partial charge on any atom is -0.495 e. The summed E-state index contributed by atoms with van der Waals surface area (Å²) >= 11 is 0. The molecule has 0 aliphatic heterocycles. The van der Waals surface area contributed by atoms with Crippen LogP contribution in [0.2, 0.25) is 0 Å². The lowest BCUT2D eigenvalue weighted by Crippen LogP contribution is -2.30. The minimum absolute atomic E-state index is 0.221. The maximum atomic E-state index is 12.5. The zero-order valence-electron chi connectivity index (χ0n) is 11.9. The Hall–Kier alpha value is -1.11. The Morgan fingerprint density at radius 3 is 2.37 bits per heavy atom. The number of nitrogens with one attached hydrogen (secondary N) is 1. The molecule has 0 fully saturated rings. The van der Waals surface area contributed by atoms with Crippen molar-refractivity contribution in [1.29, 1.82) is 0 Å². The smallest absolute Gasteiger partial charge is 0.246 e. The number of rotatable bonds is 7. The van der Waals surface area contributed by atoms with Gasteiger partial charge in [0, 0.05) is 19.6 Å². The molecule has 0 amide bonds. The van der Waals surface area contributed by atoms with Gasteiger partial charge in [0.2, 0.25) is 10.0 Å². The second kappa shape index (κ2) is 6.88.